The van der Waals surface area contributed by atoms with Crippen LogP contribution >= 0.6 is 23.2 Å². The molecule has 0 unspecified atom stereocenters. The smallest absolute Gasteiger partial charge is 0.166 e. The molecule has 4 heteroatoms. The van der Waals surface area contributed by atoms with Crippen LogP contribution in [0.4, 0.5) is 0 Å². The zero-order valence-electron chi connectivity index (χ0n) is 11.0. The average Bonchev–Trinajstić information content (AvgIpc) is 2.46. The Balaban J connectivity index is 2.17. The fraction of sp³-hybridized carbons (Fsp3) is 0.188. The monoisotopic (exact) mass is 308 g/mol. The van der Waals surface area contributed by atoms with E-state index in [1.54, 1.807) is 24.3 Å². The number of hydrogen-bond acceptors (Lipinski definition) is 2. The first-order chi connectivity index (χ1) is 9.61. The molecule has 0 bridgehead atoms. The molecule has 2 aromatic rings. The van der Waals surface area contributed by atoms with Crippen LogP contribution in [-0.2, 0) is 6.61 Å². The lowest BCUT2D eigenvalue weighted by molar-refractivity contribution is 0.0983. The summed E-state index contributed by atoms with van der Waals surface area (Å²) in [4.78, 5) is 11.8. The number of rotatable bonds is 5. The zero-order chi connectivity index (χ0) is 14.5. The van der Waals surface area contributed by atoms with Gasteiger partial charge in [0.1, 0.15) is 12.4 Å². The van der Waals surface area contributed by atoms with Gasteiger partial charge < -0.3 is 4.74 Å². The summed E-state index contributed by atoms with van der Waals surface area (Å²) in [7, 11) is 0. The maximum Gasteiger partial charge on any atom is 0.166 e. The summed E-state index contributed by atoms with van der Waals surface area (Å²) >= 11 is 11.9. The van der Waals surface area contributed by atoms with Crippen LogP contribution in [0.3, 0.4) is 0 Å². The molecule has 0 aliphatic rings. The van der Waals surface area contributed by atoms with Gasteiger partial charge in [-0.05, 0) is 24.3 Å². The summed E-state index contributed by atoms with van der Waals surface area (Å²) in [6, 6.07) is 12.5. The third-order valence-electron chi connectivity index (χ3n) is 2.91. The number of para-hydroxylation sites is 1. The number of Topliss-reactive ketones (excluding diaryl/α,β-unsaturated/α-hetero) is 1. The Morgan fingerprint density at radius 2 is 1.90 bits per heavy atom. The first-order valence-electron chi connectivity index (χ1n) is 6.30. The van der Waals surface area contributed by atoms with Crippen LogP contribution in [0, 0.1) is 0 Å². The Bertz CT molecular complexity index is 624. The Morgan fingerprint density at radius 3 is 2.60 bits per heavy atom. The maximum atomic E-state index is 11.8. The van der Waals surface area contributed by atoms with Gasteiger partial charge in [0.05, 0.1) is 5.56 Å². The van der Waals surface area contributed by atoms with Crippen LogP contribution in [0.2, 0.25) is 10.0 Å². The standard InChI is InChI=1S/C16H14Cl2O2/c1-2-15(19)13-5-3-4-6-16(13)20-10-11-7-8-12(17)9-14(11)18/h3-9H,2,10H2,1H3. The summed E-state index contributed by atoms with van der Waals surface area (Å²) in [6.45, 7) is 2.12. The highest BCUT2D eigenvalue weighted by atomic mass is 35.5. The molecule has 0 aliphatic heterocycles. The molecule has 2 rings (SSSR count). The van der Waals surface area contributed by atoms with Crippen LogP contribution in [0.25, 0.3) is 0 Å². The second-order valence-corrected chi connectivity index (χ2v) is 5.14. The molecule has 0 amide bonds. The molecular weight excluding hydrogens is 295 g/mol. The quantitative estimate of drug-likeness (QED) is 0.713. The first kappa shape index (κ1) is 14.9. The van der Waals surface area contributed by atoms with E-state index in [0.29, 0.717) is 34.4 Å². The average molecular weight is 309 g/mol. The molecular formula is C16H14Cl2O2. The maximum absolute atomic E-state index is 11.8. The first-order valence-corrected chi connectivity index (χ1v) is 7.06. The molecule has 0 heterocycles. The molecule has 20 heavy (non-hydrogen) atoms. The van der Waals surface area contributed by atoms with Gasteiger partial charge in [0.15, 0.2) is 5.78 Å². The van der Waals surface area contributed by atoms with Crippen molar-refractivity contribution >= 4 is 29.0 Å². The molecule has 0 spiro atoms. The van der Waals surface area contributed by atoms with Crippen LogP contribution in [-0.4, -0.2) is 5.78 Å². The number of hydrogen-bond donors (Lipinski definition) is 0. The van der Waals surface area contributed by atoms with E-state index in [9.17, 15) is 4.79 Å². The van der Waals surface area contributed by atoms with E-state index in [-0.39, 0.29) is 5.78 Å². The number of halogens is 2. The SMILES string of the molecule is CCC(=O)c1ccccc1OCc1ccc(Cl)cc1Cl. The molecule has 0 aromatic heterocycles. The largest absolute Gasteiger partial charge is 0.488 e. The second kappa shape index (κ2) is 6.78. The van der Waals surface area contributed by atoms with Gasteiger partial charge in [0.2, 0.25) is 0 Å². The highest BCUT2D eigenvalue weighted by Gasteiger charge is 2.10. The van der Waals surface area contributed by atoms with Gasteiger partial charge >= 0.3 is 0 Å². The lowest BCUT2D eigenvalue weighted by Gasteiger charge is -2.11. The Hall–Kier alpha value is -1.51. The minimum atomic E-state index is 0.0582. The Kier molecular flexibility index (Phi) is 5.05. The normalized spacial score (nSPS) is 10.3. The number of ether oxygens (including phenoxy) is 1. The van der Waals surface area contributed by atoms with E-state index in [1.807, 2.05) is 25.1 Å². The predicted molar refractivity (Wildman–Crippen MR) is 81.9 cm³/mol. The third kappa shape index (κ3) is 3.53. The predicted octanol–water partition coefficient (Wildman–Crippen LogP) is 5.17. The number of benzene rings is 2. The van der Waals surface area contributed by atoms with Crippen molar-refractivity contribution in [2.24, 2.45) is 0 Å². The Morgan fingerprint density at radius 1 is 1.15 bits per heavy atom. The molecule has 2 nitrogen and oxygen atoms in total. The molecule has 0 aliphatic carbocycles. The summed E-state index contributed by atoms with van der Waals surface area (Å²) in [6.07, 6.45) is 0.447. The van der Waals surface area contributed by atoms with Gasteiger partial charge in [-0.2, -0.15) is 0 Å². The summed E-state index contributed by atoms with van der Waals surface area (Å²) in [5.74, 6) is 0.633. The highest BCUT2D eigenvalue weighted by Crippen LogP contribution is 2.25. The van der Waals surface area contributed by atoms with Gasteiger partial charge in [-0.15, -0.1) is 0 Å². The lowest BCUT2D eigenvalue weighted by atomic mass is 10.1. The van der Waals surface area contributed by atoms with Crippen molar-refractivity contribution < 1.29 is 9.53 Å². The summed E-state index contributed by atoms with van der Waals surface area (Å²) < 4.78 is 5.72. The van der Waals surface area contributed by atoms with Gasteiger partial charge in [-0.1, -0.05) is 48.3 Å². The summed E-state index contributed by atoms with van der Waals surface area (Å²) in [5.41, 5.74) is 1.43. The minimum absolute atomic E-state index is 0.0582. The van der Waals surface area contributed by atoms with Gasteiger partial charge in [0, 0.05) is 22.0 Å². The van der Waals surface area contributed by atoms with Crippen molar-refractivity contribution in [2.75, 3.05) is 0 Å². The fourth-order valence-corrected chi connectivity index (χ4v) is 2.27. The van der Waals surface area contributed by atoms with E-state index < -0.39 is 0 Å². The van der Waals surface area contributed by atoms with E-state index >= 15 is 0 Å². The van der Waals surface area contributed by atoms with Crippen molar-refractivity contribution in [2.45, 2.75) is 20.0 Å². The summed E-state index contributed by atoms with van der Waals surface area (Å²) in [5, 5.41) is 1.14. The second-order valence-electron chi connectivity index (χ2n) is 4.30. The third-order valence-corrected chi connectivity index (χ3v) is 3.49. The molecule has 0 radical (unpaired) electrons. The Labute approximate surface area is 128 Å². The number of ketones is 1. The van der Waals surface area contributed by atoms with Gasteiger partial charge in [-0.3, -0.25) is 4.79 Å². The van der Waals surface area contributed by atoms with Crippen LogP contribution in [0.1, 0.15) is 29.3 Å². The lowest BCUT2D eigenvalue weighted by Crippen LogP contribution is -2.03. The van der Waals surface area contributed by atoms with Crippen molar-refractivity contribution in [1.82, 2.24) is 0 Å². The molecule has 0 saturated heterocycles. The molecule has 0 N–H and O–H groups in total. The van der Waals surface area contributed by atoms with Crippen molar-refractivity contribution in [3.8, 4) is 5.75 Å². The molecule has 0 fully saturated rings. The van der Waals surface area contributed by atoms with Crippen molar-refractivity contribution in [3.63, 3.8) is 0 Å². The van der Waals surface area contributed by atoms with E-state index in [0.717, 1.165) is 5.56 Å². The van der Waals surface area contributed by atoms with Gasteiger partial charge in [0.25, 0.3) is 0 Å². The van der Waals surface area contributed by atoms with Crippen molar-refractivity contribution in [3.05, 3.63) is 63.6 Å². The van der Waals surface area contributed by atoms with Crippen LogP contribution in [0.5, 0.6) is 5.75 Å². The van der Waals surface area contributed by atoms with Gasteiger partial charge in [-0.25, -0.2) is 0 Å². The molecule has 104 valence electrons. The van der Waals surface area contributed by atoms with Crippen molar-refractivity contribution in [1.29, 1.82) is 0 Å². The van der Waals surface area contributed by atoms with E-state index in [1.165, 1.54) is 0 Å². The molecule has 2 aromatic carbocycles. The zero-order valence-corrected chi connectivity index (χ0v) is 12.5. The molecule has 0 atom stereocenters. The van der Waals surface area contributed by atoms with E-state index in [2.05, 4.69) is 0 Å². The van der Waals surface area contributed by atoms with Crippen LogP contribution < -0.4 is 4.74 Å². The topological polar surface area (TPSA) is 26.3 Å². The number of carbonyl (C=O) groups excluding carboxylic acids is 1. The minimum Gasteiger partial charge on any atom is -0.488 e. The highest BCUT2D eigenvalue weighted by molar-refractivity contribution is 6.35. The molecule has 0 saturated carbocycles. The fourth-order valence-electron chi connectivity index (χ4n) is 1.81. The number of carbonyl (C=O) groups is 1. The van der Waals surface area contributed by atoms with E-state index in [4.69, 9.17) is 27.9 Å². The van der Waals surface area contributed by atoms with Crippen LogP contribution in [0.15, 0.2) is 42.5 Å².